The van der Waals surface area contributed by atoms with Gasteiger partial charge in [0.1, 0.15) is 29.2 Å². The molecule has 0 aromatic carbocycles. The average molecular weight is 839 g/mol. The van der Waals surface area contributed by atoms with Gasteiger partial charge in [0.2, 0.25) is 47.3 Å². The summed E-state index contributed by atoms with van der Waals surface area (Å²) in [5.74, 6) is -5.79. The lowest BCUT2D eigenvalue weighted by atomic mass is 9.97. The molecule has 0 spiro atoms. The van der Waals surface area contributed by atoms with Crippen molar-refractivity contribution in [1.82, 2.24) is 42.5 Å². The third-order valence-electron chi connectivity index (χ3n) is 9.48. The number of unbranched alkanes of at least 4 members (excludes halogenated alkanes) is 4. The van der Waals surface area contributed by atoms with Crippen molar-refractivity contribution >= 4 is 53.2 Å². The number of rotatable bonds is 28. The lowest BCUT2D eigenvalue weighted by Gasteiger charge is -2.29. The fourth-order valence-electron chi connectivity index (χ4n) is 5.78. The summed E-state index contributed by atoms with van der Waals surface area (Å²) in [4.78, 5) is 115. The normalized spacial score (nSPS) is 13.5. The van der Waals surface area contributed by atoms with Crippen LogP contribution in [0.25, 0.3) is 0 Å². The Morgan fingerprint density at radius 2 is 1.03 bits per heavy atom. The predicted octanol–water partition coefficient (Wildman–Crippen LogP) is 1.25. The third-order valence-corrected chi connectivity index (χ3v) is 9.48. The van der Waals surface area contributed by atoms with E-state index in [2.05, 4.69) is 49.5 Å². The van der Waals surface area contributed by atoms with Crippen LogP contribution in [-0.4, -0.2) is 109 Å². The summed E-state index contributed by atoms with van der Waals surface area (Å²) in [5.41, 5.74) is -2.82. The van der Waals surface area contributed by atoms with Gasteiger partial charge in [-0.15, -0.1) is 0 Å². The molecule has 0 saturated heterocycles. The van der Waals surface area contributed by atoms with E-state index < -0.39 is 96.2 Å². The van der Waals surface area contributed by atoms with Crippen molar-refractivity contribution < 1.29 is 47.9 Å². The van der Waals surface area contributed by atoms with Crippen LogP contribution in [0.4, 0.5) is 0 Å². The zero-order chi connectivity index (χ0) is 45.5. The molecule has 0 unspecified atom stereocenters. The van der Waals surface area contributed by atoms with Crippen LogP contribution in [0, 0.1) is 17.8 Å². The lowest BCUT2D eigenvalue weighted by molar-refractivity contribution is -0.146. The maximum Gasteiger partial charge on any atom is 0.328 e. The molecular weight excluding hydrogens is 764 g/mol. The van der Waals surface area contributed by atoms with Crippen molar-refractivity contribution in [3.63, 3.8) is 0 Å². The molecule has 0 fully saturated rings. The predicted molar refractivity (Wildman–Crippen MR) is 223 cm³/mol. The van der Waals surface area contributed by atoms with E-state index in [1.807, 2.05) is 34.6 Å². The highest BCUT2D eigenvalue weighted by Gasteiger charge is 2.35. The number of hydrogen-bond donors (Lipinski definition) is 8. The van der Waals surface area contributed by atoms with Crippen LogP contribution in [0.15, 0.2) is 0 Å². The number of ether oxygens (including phenoxy) is 1. The van der Waals surface area contributed by atoms with E-state index >= 15 is 0 Å². The quantitative estimate of drug-likeness (QED) is 0.0413. The molecule has 59 heavy (non-hydrogen) atoms. The van der Waals surface area contributed by atoms with Gasteiger partial charge in [0, 0.05) is 6.42 Å². The van der Waals surface area contributed by atoms with Gasteiger partial charge in [-0.05, 0) is 64.7 Å². The van der Waals surface area contributed by atoms with Crippen LogP contribution in [-0.2, 0) is 47.9 Å². The molecular formula is C41H74N8O10. The summed E-state index contributed by atoms with van der Waals surface area (Å²) in [5, 5.41) is 20.5. The van der Waals surface area contributed by atoms with Gasteiger partial charge in [-0.3, -0.25) is 38.4 Å². The van der Waals surface area contributed by atoms with Crippen LogP contribution in [0.1, 0.15) is 134 Å². The van der Waals surface area contributed by atoms with E-state index in [1.165, 1.54) is 34.8 Å². The van der Waals surface area contributed by atoms with Gasteiger partial charge in [0.15, 0.2) is 0 Å². The van der Waals surface area contributed by atoms with Gasteiger partial charge in [-0.25, -0.2) is 4.79 Å². The van der Waals surface area contributed by atoms with Gasteiger partial charge in [0.25, 0.3) is 0 Å². The van der Waals surface area contributed by atoms with Crippen molar-refractivity contribution in [3.8, 4) is 0 Å². The molecule has 0 aliphatic carbocycles. The second-order valence-electron chi connectivity index (χ2n) is 17.0. The first-order chi connectivity index (χ1) is 27.4. The molecule has 0 bridgehead atoms. The van der Waals surface area contributed by atoms with Crippen LogP contribution in [0.3, 0.4) is 0 Å². The highest BCUT2D eigenvalue weighted by atomic mass is 16.5. The van der Waals surface area contributed by atoms with Crippen molar-refractivity contribution in [2.45, 2.75) is 163 Å². The van der Waals surface area contributed by atoms with E-state index in [-0.39, 0.29) is 30.1 Å². The first kappa shape index (κ1) is 54.2. The SMILES string of the molecule is CCCCCCCC(=O)NC(C)(C)C(=O)NCC(=O)NCC(=O)N[C@@H](CC(C)C)C(=O)NC(C)(C)C(=O)NCC(=O)N[C@H](C(=O)N[C@@H](CC(C)C)C(=O)OC)[C@@H](C)CC. The largest absolute Gasteiger partial charge is 0.467 e. The Balaban J connectivity index is 5.23. The number of esters is 1. The van der Waals surface area contributed by atoms with E-state index in [9.17, 15) is 43.2 Å². The molecule has 0 aromatic heterocycles. The topological polar surface area (TPSA) is 259 Å². The number of methoxy groups -OCH3 is 1. The lowest BCUT2D eigenvalue weighted by Crippen LogP contribution is -2.61. The monoisotopic (exact) mass is 839 g/mol. The molecule has 4 atom stereocenters. The second kappa shape index (κ2) is 27.1. The Morgan fingerprint density at radius 1 is 0.542 bits per heavy atom. The van der Waals surface area contributed by atoms with E-state index in [1.54, 1.807) is 6.92 Å². The number of carbonyl (C=O) groups excluding carboxylic acids is 9. The summed E-state index contributed by atoms with van der Waals surface area (Å²) in [7, 11) is 1.22. The molecule has 0 heterocycles. The third kappa shape index (κ3) is 22.3. The van der Waals surface area contributed by atoms with Gasteiger partial charge >= 0.3 is 5.97 Å². The van der Waals surface area contributed by atoms with Crippen molar-refractivity contribution in [3.05, 3.63) is 0 Å². The minimum atomic E-state index is -1.55. The molecule has 0 aromatic rings. The summed E-state index contributed by atoms with van der Waals surface area (Å²) in [6.07, 6.45) is 6.21. The maximum atomic E-state index is 13.4. The number of carbonyl (C=O) groups is 9. The maximum absolute atomic E-state index is 13.4. The number of amides is 8. The fraction of sp³-hybridized carbons (Fsp3) is 0.780. The summed E-state index contributed by atoms with van der Waals surface area (Å²) in [6, 6.07) is -3.01. The zero-order valence-corrected chi connectivity index (χ0v) is 37.5. The van der Waals surface area contributed by atoms with Gasteiger partial charge in [0.05, 0.1) is 26.7 Å². The molecule has 0 rings (SSSR count). The molecule has 8 N–H and O–H groups in total. The molecule has 8 amide bonds. The summed E-state index contributed by atoms with van der Waals surface area (Å²) in [6.45, 7) is 17.5. The van der Waals surface area contributed by atoms with Crippen molar-refractivity contribution in [2.24, 2.45) is 17.8 Å². The average Bonchev–Trinajstić information content (AvgIpc) is 3.14. The molecule has 0 saturated carbocycles. The van der Waals surface area contributed by atoms with Crippen LogP contribution >= 0.6 is 0 Å². The Labute approximate surface area is 350 Å². The smallest absolute Gasteiger partial charge is 0.328 e. The Bertz CT molecular complexity index is 1430. The minimum Gasteiger partial charge on any atom is -0.467 e. The number of hydrogen-bond acceptors (Lipinski definition) is 10. The van der Waals surface area contributed by atoms with E-state index in [0.29, 0.717) is 25.7 Å². The fourth-order valence-corrected chi connectivity index (χ4v) is 5.78. The molecule has 18 heteroatoms. The van der Waals surface area contributed by atoms with E-state index in [4.69, 9.17) is 4.74 Å². The summed E-state index contributed by atoms with van der Waals surface area (Å²) >= 11 is 0. The minimum absolute atomic E-state index is 0.0645. The molecule has 0 aliphatic heterocycles. The Hall–Kier alpha value is -4.77. The number of nitrogens with one attached hydrogen (secondary N) is 8. The van der Waals surface area contributed by atoms with Gasteiger partial charge in [-0.1, -0.05) is 80.6 Å². The molecule has 0 aliphatic rings. The Kier molecular flexibility index (Phi) is 24.9. The standard InChI is InChI=1S/C41H74N8O10/c1-13-15-16-17-18-19-30(50)48-40(8,9)38(57)43-22-31(51)42-23-32(52)45-28(20-25(3)4)35(54)49-41(10,11)39(58)44-24-33(53)47-34(27(7)14-2)36(55)46-29(21-26(5)6)37(56)59-12/h25-29,34H,13-24H2,1-12H3,(H,42,51)(H,43,57)(H,44,58)(H,45,52)(H,46,55)(H,47,53)(H,48,50)(H,49,54)/t27-,28-,29-,34-/m0/s1. The Morgan fingerprint density at radius 3 is 1.56 bits per heavy atom. The van der Waals surface area contributed by atoms with Crippen LogP contribution in [0.2, 0.25) is 0 Å². The van der Waals surface area contributed by atoms with Crippen LogP contribution < -0.4 is 42.5 Å². The zero-order valence-electron chi connectivity index (χ0n) is 37.5. The first-order valence-corrected chi connectivity index (χ1v) is 20.8. The van der Waals surface area contributed by atoms with Crippen LogP contribution in [0.5, 0.6) is 0 Å². The van der Waals surface area contributed by atoms with Gasteiger partial charge in [-0.2, -0.15) is 0 Å². The molecule has 0 radical (unpaired) electrons. The summed E-state index contributed by atoms with van der Waals surface area (Å²) < 4.78 is 4.83. The van der Waals surface area contributed by atoms with Crippen molar-refractivity contribution in [2.75, 3.05) is 26.7 Å². The van der Waals surface area contributed by atoms with E-state index in [0.717, 1.165) is 25.7 Å². The highest BCUT2D eigenvalue weighted by Crippen LogP contribution is 2.13. The first-order valence-electron chi connectivity index (χ1n) is 20.8. The van der Waals surface area contributed by atoms with Gasteiger partial charge < -0.3 is 47.3 Å². The molecule has 18 nitrogen and oxygen atoms in total. The highest BCUT2D eigenvalue weighted by molar-refractivity contribution is 5.97. The second-order valence-corrected chi connectivity index (χ2v) is 17.0. The molecule has 338 valence electrons. The van der Waals surface area contributed by atoms with Crippen molar-refractivity contribution in [1.29, 1.82) is 0 Å².